The summed E-state index contributed by atoms with van der Waals surface area (Å²) in [5, 5.41) is 3.82. The van der Waals surface area contributed by atoms with Gasteiger partial charge in [0.15, 0.2) is 0 Å². The fourth-order valence-electron chi connectivity index (χ4n) is 2.23. The Morgan fingerprint density at radius 1 is 1.19 bits per heavy atom. The molecule has 0 saturated carbocycles. The number of para-hydroxylation sites is 1. The molecule has 0 bridgehead atoms. The smallest absolute Gasteiger partial charge is 0.267 e. The van der Waals surface area contributed by atoms with Crippen molar-refractivity contribution in [3.8, 4) is 0 Å². The zero-order valence-electron chi connectivity index (χ0n) is 11.2. The SMILES string of the molecule is Nc1cccc2cc(C(=O)NCc3cccc(Br)c3)[nH]c12. The molecular formula is C16H14BrN3O. The first kappa shape index (κ1) is 13.7. The van der Waals surface area contributed by atoms with Crippen molar-refractivity contribution in [1.82, 2.24) is 10.3 Å². The maximum Gasteiger partial charge on any atom is 0.267 e. The summed E-state index contributed by atoms with van der Waals surface area (Å²) in [5.74, 6) is -0.148. The number of carbonyl (C=O) groups is 1. The van der Waals surface area contributed by atoms with Gasteiger partial charge in [0.25, 0.3) is 5.91 Å². The average molecular weight is 344 g/mol. The summed E-state index contributed by atoms with van der Waals surface area (Å²) >= 11 is 3.41. The standard InChI is InChI=1S/C16H14BrN3O/c17-12-5-1-3-10(7-12)9-19-16(21)14-8-11-4-2-6-13(18)15(11)20-14/h1-8,20H,9,18H2,(H,19,21). The molecule has 0 saturated heterocycles. The summed E-state index contributed by atoms with van der Waals surface area (Å²) in [5.41, 5.74) is 8.86. The monoisotopic (exact) mass is 343 g/mol. The van der Waals surface area contributed by atoms with E-state index in [2.05, 4.69) is 26.2 Å². The fraction of sp³-hybridized carbons (Fsp3) is 0.0625. The van der Waals surface area contributed by atoms with Gasteiger partial charge in [0.1, 0.15) is 5.69 Å². The Morgan fingerprint density at radius 3 is 2.76 bits per heavy atom. The molecule has 0 unspecified atom stereocenters. The van der Waals surface area contributed by atoms with Gasteiger partial charge in [-0.2, -0.15) is 0 Å². The van der Waals surface area contributed by atoms with Crippen molar-refractivity contribution in [3.63, 3.8) is 0 Å². The lowest BCUT2D eigenvalue weighted by Crippen LogP contribution is -2.23. The Hall–Kier alpha value is -2.27. The highest BCUT2D eigenvalue weighted by molar-refractivity contribution is 9.10. The maximum absolute atomic E-state index is 12.2. The number of fused-ring (bicyclic) bond motifs is 1. The number of rotatable bonds is 3. The Labute approximate surface area is 130 Å². The third-order valence-electron chi connectivity index (χ3n) is 3.28. The van der Waals surface area contributed by atoms with Crippen LogP contribution in [-0.2, 0) is 6.54 Å². The molecule has 1 amide bonds. The van der Waals surface area contributed by atoms with Gasteiger partial charge in [-0.05, 0) is 29.8 Å². The van der Waals surface area contributed by atoms with E-state index in [4.69, 9.17) is 5.73 Å². The highest BCUT2D eigenvalue weighted by atomic mass is 79.9. The summed E-state index contributed by atoms with van der Waals surface area (Å²) in [4.78, 5) is 15.3. The Morgan fingerprint density at radius 2 is 2.00 bits per heavy atom. The van der Waals surface area contributed by atoms with E-state index in [1.165, 1.54) is 0 Å². The molecule has 4 nitrogen and oxygen atoms in total. The normalized spacial score (nSPS) is 10.7. The number of anilines is 1. The molecule has 106 valence electrons. The van der Waals surface area contributed by atoms with Crippen molar-refractivity contribution < 1.29 is 4.79 Å². The van der Waals surface area contributed by atoms with Gasteiger partial charge in [-0.15, -0.1) is 0 Å². The first-order valence-electron chi connectivity index (χ1n) is 6.53. The molecule has 5 heteroatoms. The van der Waals surface area contributed by atoms with Gasteiger partial charge in [0.05, 0.1) is 11.2 Å². The van der Waals surface area contributed by atoms with Gasteiger partial charge in [-0.25, -0.2) is 0 Å². The number of hydrogen-bond acceptors (Lipinski definition) is 2. The highest BCUT2D eigenvalue weighted by Crippen LogP contribution is 2.21. The quantitative estimate of drug-likeness (QED) is 0.637. The molecule has 1 aromatic heterocycles. The first-order chi connectivity index (χ1) is 10.1. The maximum atomic E-state index is 12.2. The summed E-state index contributed by atoms with van der Waals surface area (Å²) < 4.78 is 0.993. The van der Waals surface area contributed by atoms with E-state index in [1.807, 2.05) is 48.5 Å². The van der Waals surface area contributed by atoms with E-state index >= 15 is 0 Å². The van der Waals surface area contributed by atoms with Crippen molar-refractivity contribution in [3.05, 3.63) is 64.3 Å². The lowest BCUT2D eigenvalue weighted by molar-refractivity contribution is 0.0947. The molecule has 3 aromatic rings. The van der Waals surface area contributed by atoms with Crippen molar-refractivity contribution in [2.75, 3.05) is 5.73 Å². The number of halogens is 1. The zero-order valence-corrected chi connectivity index (χ0v) is 12.8. The molecule has 2 aromatic carbocycles. The van der Waals surface area contributed by atoms with Crippen LogP contribution in [0.15, 0.2) is 53.0 Å². The van der Waals surface area contributed by atoms with Crippen LogP contribution in [0, 0.1) is 0 Å². The van der Waals surface area contributed by atoms with E-state index in [0.717, 1.165) is 20.9 Å². The molecule has 0 aliphatic carbocycles. The van der Waals surface area contributed by atoms with Crippen LogP contribution < -0.4 is 11.1 Å². The van der Waals surface area contributed by atoms with E-state index in [0.29, 0.717) is 17.9 Å². The highest BCUT2D eigenvalue weighted by Gasteiger charge is 2.10. The molecular weight excluding hydrogens is 330 g/mol. The molecule has 0 atom stereocenters. The number of carbonyl (C=O) groups excluding carboxylic acids is 1. The van der Waals surface area contributed by atoms with Gasteiger partial charge in [-0.3, -0.25) is 4.79 Å². The van der Waals surface area contributed by atoms with Crippen LogP contribution >= 0.6 is 15.9 Å². The molecule has 21 heavy (non-hydrogen) atoms. The first-order valence-corrected chi connectivity index (χ1v) is 7.32. The summed E-state index contributed by atoms with van der Waals surface area (Å²) in [6.07, 6.45) is 0. The van der Waals surface area contributed by atoms with Crippen LogP contribution in [0.2, 0.25) is 0 Å². The number of nitrogens with two attached hydrogens (primary N) is 1. The number of amides is 1. The van der Waals surface area contributed by atoms with Gasteiger partial charge in [0.2, 0.25) is 0 Å². The molecule has 3 rings (SSSR count). The van der Waals surface area contributed by atoms with Crippen molar-refractivity contribution in [1.29, 1.82) is 0 Å². The summed E-state index contributed by atoms with van der Waals surface area (Å²) in [6.45, 7) is 0.475. The second kappa shape index (κ2) is 5.61. The van der Waals surface area contributed by atoms with Gasteiger partial charge in [-0.1, -0.05) is 40.2 Å². The molecule has 0 aliphatic rings. The Balaban J connectivity index is 1.76. The Kier molecular flexibility index (Phi) is 3.66. The minimum absolute atomic E-state index is 0.148. The minimum Gasteiger partial charge on any atom is -0.397 e. The van der Waals surface area contributed by atoms with Gasteiger partial charge >= 0.3 is 0 Å². The molecule has 0 spiro atoms. The minimum atomic E-state index is -0.148. The largest absolute Gasteiger partial charge is 0.397 e. The summed E-state index contributed by atoms with van der Waals surface area (Å²) in [6, 6.07) is 15.2. The third kappa shape index (κ3) is 2.92. The van der Waals surface area contributed by atoms with E-state index in [1.54, 1.807) is 0 Å². The third-order valence-corrected chi connectivity index (χ3v) is 3.77. The van der Waals surface area contributed by atoms with E-state index in [9.17, 15) is 4.79 Å². The predicted octanol–water partition coefficient (Wildman–Crippen LogP) is 3.44. The second-order valence-electron chi connectivity index (χ2n) is 4.81. The van der Waals surface area contributed by atoms with Gasteiger partial charge < -0.3 is 16.0 Å². The van der Waals surface area contributed by atoms with Crippen molar-refractivity contribution in [2.24, 2.45) is 0 Å². The van der Waals surface area contributed by atoms with Crippen LogP contribution in [-0.4, -0.2) is 10.9 Å². The number of aromatic amines is 1. The van der Waals surface area contributed by atoms with Crippen LogP contribution in [0.5, 0.6) is 0 Å². The number of nitrogen functional groups attached to an aromatic ring is 1. The molecule has 0 radical (unpaired) electrons. The Bertz CT molecular complexity index is 810. The van der Waals surface area contributed by atoms with Crippen molar-refractivity contribution in [2.45, 2.75) is 6.54 Å². The average Bonchev–Trinajstić information content (AvgIpc) is 2.90. The summed E-state index contributed by atoms with van der Waals surface area (Å²) in [7, 11) is 0. The van der Waals surface area contributed by atoms with Crippen LogP contribution in [0.4, 0.5) is 5.69 Å². The van der Waals surface area contributed by atoms with Gasteiger partial charge in [0, 0.05) is 16.4 Å². The number of H-pyrrole nitrogens is 1. The fourth-order valence-corrected chi connectivity index (χ4v) is 2.67. The van der Waals surface area contributed by atoms with E-state index in [-0.39, 0.29) is 5.91 Å². The molecule has 4 N–H and O–H groups in total. The topological polar surface area (TPSA) is 70.9 Å². The van der Waals surface area contributed by atoms with Crippen LogP contribution in [0.3, 0.4) is 0 Å². The zero-order chi connectivity index (χ0) is 14.8. The lowest BCUT2D eigenvalue weighted by atomic mass is 10.2. The predicted molar refractivity (Wildman–Crippen MR) is 88.0 cm³/mol. The molecule has 1 heterocycles. The second-order valence-corrected chi connectivity index (χ2v) is 5.72. The molecule has 0 fully saturated rings. The lowest BCUT2D eigenvalue weighted by Gasteiger charge is -2.04. The number of aromatic nitrogens is 1. The van der Waals surface area contributed by atoms with Crippen LogP contribution in [0.25, 0.3) is 10.9 Å². The molecule has 0 aliphatic heterocycles. The van der Waals surface area contributed by atoms with E-state index < -0.39 is 0 Å². The van der Waals surface area contributed by atoms with Crippen molar-refractivity contribution >= 4 is 38.4 Å². The number of benzene rings is 2. The van der Waals surface area contributed by atoms with Crippen LogP contribution in [0.1, 0.15) is 16.1 Å². The number of hydrogen-bond donors (Lipinski definition) is 3. The number of nitrogens with one attached hydrogen (secondary N) is 2.